The molecule has 1 aliphatic rings. The molecule has 1 aliphatic heterocycles. The molecule has 0 atom stereocenters. The third-order valence-electron chi connectivity index (χ3n) is 4.61. The lowest BCUT2D eigenvalue weighted by Gasteiger charge is -2.30. The minimum absolute atomic E-state index is 0.0607. The van der Waals surface area contributed by atoms with Gasteiger partial charge in [0.15, 0.2) is 11.5 Å². The molecule has 1 saturated heterocycles. The van der Waals surface area contributed by atoms with Gasteiger partial charge in [-0.05, 0) is 65.8 Å². The number of hydrogen-bond donors (Lipinski definition) is 0. The number of likely N-dealkylation sites (tertiary alicyclic amines) is 1. The van der Waals surface area contributed by atoms with Crippen LogP contribution in [0.1, 0.15) is 35.0 Å². The van der Waals surface area contributed by atoms with Crippen molar-refractivity contribution in [3.05, 3.63) is 62.5 Å². The fourth-order valence-electron chi connectivity index (χ4n) is 3.21. The number of carbonyl (C=O) groups excluding carboxylic acids is 1. The normalized spacial score (nSPS) is 15.7. The van der Waals surface area contributed by atoms with E-state index in [-0.39, 0.29) is 11.8 Å². The van der Waals surface area contributed by atoms with E-state index in [1.807, 2.05) is 35.2 Å². The summed E-state index contributed by atoms with van der Waals surface area (Å²) < 4.78 is 6.78. The Morgan fingerprint density at radius 2 is 1.96 bits per heavy atom. The number of amides is 1. The van der Waals surface area contributed by atoms with Gasteiger partial charge in [-0.3, -0.25) is 4.79 Å². The number of fused-ring (bicyclic) bond motifs is 1. The molecule has 25 heavy (non-hydrogen) atoms. The third-order valence-corrected chi connectivity index (χ3v) is 6.15. The highest BCUT2D eigenvalue weighted by Gasteiger charge is 2.27. The Bertz CT molecular complexity index is 899. The van der Waals surface area contributed by atoms with Gasteiger partial charge in [-0.1, -0.05) is 23.7 Å². The highest BCUT2D eigenvalue weighted by atomic mass is 127. The number of aromatic nitrogens is 1. The van der Waals surface area contributed by atoms with E-state index in [1.165, 1.54) is 0 Å². The van der Waals surface area contributed by atoms with Crippen molar-refractivity contribution in [3.8, 4) is 0 Å². The molecule has 0 bridgehead atoms. The summed E-state index contributed by atoms with van der Waals surface area (Å²) in [7, 11) is 0. The quantitative estimate of drug-likeness (QED) is 0.493. The predicted molar refractivity (Wildman–Crippen MR) is 106 cm³/mol. The number of halogens is 2. The summed E-state index contributed by atoms with van der Waals surface area (Å²) in [6.07, 6.45) is 1.73. The summed E-state index contributed by atoms with van der Waals surface area (Å²) in [5.74, 6) is 1.11. The van der Waals surface area contributed by atoms with Gasteiger partial charge >= 0.3 is 0 Å². The molecule has 0 N–H and O–H groups in total. The van der Waals surface area contributed by atoms with Crippen molar-refractivity contribution in [1.29, 1.82) is 0 Å². The fourth-order valence-corrected chi connectivity index (χ4v) is 3.84. The number of carbonyl (C=O) groups is 1. The number of oxazole rings is 1. The highest BCUT2D eigenvalue weighted by molar-refractivity contribution is 14.1. The number of rotatable bonds is 2. The van der Waals surface area contributed by atoms with Crippen LogP contribution in [0.25, 0.3) is 11.1 Å². The van der Waals surface area contributed by atoms with Gasteiger partial charge in [0, 0.05) is 28.1 Å². The lowest BCUT2D eigenvalue weighted by molar-refractivity contribution is 0.0706. The molecule has 0 unspecified atom stereocenters. The van der Waals surface area contributed by atoms with E-state index in [1.54, 1.807) is 12.1 Å². The first-order valence-electron chi connectivity index (χ1n) is 8.21. The Balaban J connectivity index is 1.45. The van der Waals surface area contributed by atoms with Crippen molar-refractivity contribution in [2.75, 3.05) is 13.1 Å². The van der Waals surface area contributed by atoms with Crippen LogP contribution in [0.15, 0.2) is 46.9 Å². The van der Waals surface area contributed by atoms with Crippen molar-refractivity contribution in [2.24, 2.45) is 0 Å². The molecule has 2 aromatic carbocycles. The SMILES string of the molecule is O=C(c1ccc(Cl)c(I)c1)N1CCC(c2nc3ccccc3o2)CC1. The molecule has 6 heteroatoms. The van der Waals surface area contributed by atoms with Gasteiger partial charge in [0.25, 0.3) is 5.91 Å². The maximum atomic E-state index is 12.7. The zero-order chi connectivity index (χ0) is 17.4. The Morgan fingerprint density at radius 1 is 1.20 bits per heavy atom. The minimum atomic E-state index is 0.0607. The van der Waals surface area contributed by atoms with Gasteiger partial charge < -0.3 is 9.32 Å². The van der Waals surface area contributed by atoms with Crippen molar-refractivity contribution < 1.29 is 9.21 Å². The second-order valence-electron chi connectivity index (χ2n) is 6.22. The monoisotopic (exact) mass is 466 g/mol. The van der Waals surface area contributed by atoms with Crippen molar-refractivity contribution in [2.45, 2.75) is 18.8 Å². The molecular formula is C19H16ClIN2O2. The number of piperidine rings is 1. The number of para-hydroxylation sites is 2. The first-order chi connectivity index (χ1) is 12.1. The van der Waals surface area contributed by atoms with E-state index in [2.05, 4.69) is 27.6 Å². The molecule has 2 heterocycles. The van der Waals surface area contributed by atoms with Crippen molar-refractivity contribution in [1.82, 2.24) is 9.88 Å². The van der Waals surface area contributed by atoms with Crippen LogP contribution in [0, 0.1) is 3.57 Å². The lowest BCUT2D eigenvalue weighted by atomic mass is 9.96. The second-order valence-corrected chi connectivity index (χ2v) is 7.78. The Kier molecular flexibility index (Phi) is 4.69. The molecule has 0 saturated carbocycles. The molecule has 1 aromatic heterocycles. The molecule has 0 radical (unpaired) electrons. The van der Waals surface area contributed by atoms with E-state index in [4.69, 9.17) is 16.0 Å². The van der Waals surface area contributed by atoms with Crippen LogP contribution in [0.4, 0.5) is 0 Å². The summed E-state index contributed by atoms with van der Waals surface area (Å²) >= 11 is 8.19. The van der Waals surface area contributed by atoms with Gasteiger partial charge in [0.05, 0.1) is 5.02 Å². The maximum Gasteiger partial charge on any atom is 0.253 e. The van der Waals surface area contributed by atoms with E-state index in [9.17, 15) is 4.79 Å². The Morgan fingerprint density at radius 3 is 2.68 bits per heavy atom. The molecule has 3 aromatic rings. The van der Waals surface area contributed by atoms with Gasteiger partial charge in [0.1, 0.15) is 5.52 Å². The largest absolute Gasteiger partial charge is 0.440 e. The van der Waals surface area contributed by atoms with E-state index >= 15 is 0 Å². The Labute approximate surface area is 164 Å². The molecule has 128 valence electrons. The van der Waals surface area contributed by atoms with E-state index in [0.29, 0.717) is 23.7 Å². The number of hydrogen-bond acceptors (Lipinski definition) is 3. The molecular weight excluding hydrogens is 451 g/mol. The molecule has 4 rings (SSSR count). The molecule has 0 aliphatic carbocycles. The summed E-state index contributed by atoms with van der Waals surface area (Å²) in [6.45, 7) is 1.42. The summed E-state index contributed by atoms with van der Waals surface area (Å²) in [4.78, 5) is 19.2. The van der Waals surface area contributed by atoms with Crippen molar-refractivity contribution >= 4 is 51.2 Å². The number of benzene rings is 2. The fraction of sp³-hybridized carbons (Fsp3) is 0.263. The Hall–Kier alpha value is -1.60. The standard InChI is InChI=1S/C19H16ClIN2O2/c20-14-6-5-13(11-15(14)21)19(24)23-9-7-12(8-10-23)18-22-16-3-1-2-4-17(16)25-18/h1-6,11-12H,7-10H2. The first-order valence-corrected chi connectivity index (χ1v) is 9.67. The lowest BCUT2D eigenvalue weighted by Crippen LogP contribution is -2.38. The van der Waals surface area contributed by atoms with Crippen LogP contribution in [-0.4, -0.2) is 28.9 Å². The van der Waals surface area contributed by atoms with Gasteiger partial charge in [-0.15, -0.1) is 0 Å². The minimum Gasteiger partial charge on any atom is -0.440 e. The van der Waals surface area contributed by atoms with Crippen LogP contribution in [0.2, 0.25) is 5.02 Å². The molecule has 4 nitrogen and oxygen atoms in total. The number of nitrogens with zero attached hydrogens (tertiary/aromatic N) is 2. The zero-order valence-corrected chi connectivity index (χ0v) is 16.3. The van der Waals surface area contributed by atoms with Crippen molar-refractivity contribution in [3.63, 3.8) is 0 Å². The van der Waals surface area contributed by atoms with Crippen LogP contribution < -0.4 is 0 Å². The van der Waals surface area contributed by atoms with Crippen LogP contribution in [0.5, 0.6) is 0 Å². The summed E-state index contributed by atoms with van der Waals surface area (Å²) in [5, 5.41) is 0.673. The van der Waals surface area contributed by atoms with E-state index < -0.39 is 0 Å². The third kappa shape index (κ3) is 3.40. The van der Waals surface area contributed by atoms with Crippen LogP contribution in [-0.2, 0) is 0 Å². The topological polar surface area (TPSA) is 46.3 Å². The average molecular weight is 467 g/mol. The first kappa shape index (κ1) is 16.8. The summed E-state index contributed by atoms with van der Waals surface area (Å²) in [5.41, 5.74) is 2.41. The smallest absolute Gasteiger partial charge is 0.253 e. The average Bonchev–Trinajstić information content (AvgIpc) is 3.08. The highest BCUT2D eigenvalue weighted by Crippen LogP contribution is 2.30. The summed E-state index contributed by atoms with van der Waals surface area (Å²) in [6, 6.07) is 13.2. The van der Waals surface area contributed by atoms with Crippen LogP contribution in [0.3, 0.4) is 0 Å². The second kappa shape index (κ2) is 6.96. The van der Waals surface area contributed by atoms with E-state index in [0.717, 1.165) is 33.4 Å². The maximum absolute atomic E-state index is 12.7. The predicted octanol–water partition coefficient (Wildman–Crippen LogP) is 5.11. The van der Waals surface area contributed by atoms with Gasteiger partial charge in [-0.25, -0.2) is 4.98 Å². The van der Waals surface area contributed by atoms with Gasteiger partial charge in [-0.2, -0.15) is 0 Å². The molecule has 1 amide bonds. The van der Waals surface area contributed by atoms with Gasteiger partial charge in [0.2, 0.25) is 0 Å². The molecule has 0 spiro atoms. The van der Waals surface area contributed by atoms with Crippen LogP contribution >= 0.6 is 34.2 Å². The zero-order valence-electron chi connectivity index (χ0n) is 13.4. The molecule has 1 fully saturated rings.